The van der Waals surface area contributed by atoms with Crippen LogP contribution in [0.4, 0.5) is 14.4 Å². The second-order valence-corrected chi connectivity index (χ2v) is 36.8. The second kappa shape index (κ2) is 37.5. The third-order valence-corrected chi connectivity index (χ3v) is 23.1. The van der Waals surface area contributed by atoms with Crippen molar-refractivity contribution in [3.63, 3.8) is 0 Å². The fraction of sp³-hybridized carbons (Fsp3) is 0.473. The highest BCUT2D eigenvalue weighted by Crippen LogP contribution is 2.50. The molecule has 0 spiro atoms. The first-order chi connectivity index (χ1) is 53.8. The maximum atomic E-state index is 12.7. The summed E-state index contributed by atoms with van der Waals surface area (Å²) in [6.07, 6.45) is 30.9. The lowest BCUT2D eigenvalue weighted by molar-refractivity contribution is 0.0167. The second-order valence-electron chi connectivity index (χ2n) is 33.8. The average Bonchev–Trinajstić information content (AvgIpc) is 1.60. The largest absolute Gasteiger partial charge is 0.444 e. The molecule has 114 heavy (non-hydrogen) atoms. The molecule has 23 heteroatoms. The number of ether oxygens (including phenoxy) is 3. The van der Waals surface area contributed by atoms with Gasteiger partial charge in [0.25, 0.3) is 10.1 Å². The van der Waals surface area contributed by atoms with Crippen molar-refractivity contribution >= 4 is 98.1 Å². The van der Waals surface area contributed by atoms with Gasteiger partial charge in [0.15, 0.2) is 0 Å². The number of allylic oxidation sites excluding steroid dienone is 3. The number of imidazole rings is 2. The number of aromatic nitrogens is 7. The molecule has 3 fully saturated rings. The molecule has 3 aliphatic carbocycles. The highest BCUT2D eigenvalue weighted by Gasteiger charge is 2.41. The summed E-state index contributed by atoms with van der Waals surface area (Å²) in [4.78, 5) is 67.0. The van der Waals surface area contributed by atoms with Gasteiger partial charge in [0, 0.05) is 122 Å². The Bertz CT molecular complexity index is 4910. The molecule has 19 nitrogen and oxygen atoms in total. The Hall–Kier alpha value is -8.66. The molecule has 14 rings (SSSR count). The zero-order valence-corrected chi connectivity index (χ0v) is 70.5. The number of halogens is 3. The molecule has 6 aliphatic rings. The van der Waals surface area contributed by atoms with Crippen molar-refractivity contribution in [1.82, 2.24) is 48.8 Å². The van der Waals surface area contributed by atoms with E-state index in [-0.39, 0.29) is 56.0 Å². The van der Waals surface area contributed by atoms with Crippen LogP contribution in [0.3, 0.4) is 0 Å². The molecule has 0 N–H and O–H groups in total. The topological polar surface area (TPSA) is 206 Å². The van der Waals surface area contributed by atoms with Crippen LogP contribution in [0.2, 0.25) is 15.1 Å². The van der Waals surface area contributed by atoms with E-state index >= 15 is 0 Å². The van der Waals surface area contributed by atoms with Crippen LogP contribution in [-0.4, -0.2) is 144 Å². The predicted octanol–water partition coefficient (Wildman–Crippen LogP) is 21.5. The third kappa shape index (κ3) is 22.5. The van der Waals surface area contributed by atoms with Gasteiger partial charge in [0.2, 0.25) is 0 Å². The van der Waals surface area contributed by atoms with Gasteiger partial charge >= 0.3 is 18.3 Å². The minimum Gasteiger partial charge on any atom is -0.444 e. The van der Waals surface area contributed by atoms with E-state index in [9.17, 15) is 22.8 Å². The van der Waals surface area contributed by atoms with Crippen LogP contribution in [0.5, 0.6) is 0 Å². The van der Waals surface area contributed by atoms with Gasteiger partial charge in [-0.05, 0) is 292 Å². The number of carbonyl (C=O) groups is 3. The van der Waals surface area contributed by atoms with Crippen LogP contribution in [0.1, 0.15) is 243 Å². The lowest BCUT2D eigenvalue weighted by atomic mass is 9.76. The summed E-state index contributed by atoms with van der Waals surface area (Å²) in [7, 11) is -3.48. The first-order valence-electron chi connectivity index (χ1n) is 39.9. The smallest absolute Gasteiger partial charge is 0.410 e. The molecule has 3 aliphatic heterocycles. The van der Waals surface area contributed by atoms with Gasteiger partial charge in [-0.2, -0.15) is 8.42 Å². The number of hydrogen-bond acceptors (Lipinski definition) is 14. The maximum absolute atomic E-state index is 12.7. The molecule has 8 aromatic rings. The number of nitrogens with zero attached hydrogens (tertiary/aromatic N) is 10. The molecule has 8 heterocycles. The van der Waals surface area contributed by atoms with Crippen molar-refractivity contribution in [3.8, 4) is 0 Å². The lowest BCUT2D eigenvalue weighted by Crippen LogP contribution is -2.42. The predicted molar refractivity (Wildman–Crippen MR) is 457 cm³/mol. The standard InChI is InChI=1S/2C31H37ClN4O2.C28H35ClN2O5S.CH4/c1-21-19-33-20-36(21)14-6-7-23-17-24-18-25(32)9-10-26(24)28(29-27(23)8-5-13-34-29)22-11-15-35(16-12-22)30(37)38-31(2,3)4;1-21-19-35(20-34-21)14-6-7-23-17-24-18-25(32)9-10-26(24)28(29-27(23)8-5-13-33-29)22-11-15-36(16-12-22)30(37)38-31(2,3)4;1-28(2,3)36-27(32)31-14-11-19(12-15-31)25-23-10-9-22(29)18-21(23)17-20(7-6-16-35-37(4,33)34)24-8-5-13-30-26(24)25;/h2*5,8-10,13,17-20,22,28H,6-7,11-12,14-16H2,1-4H3;5,8-10,13,17-19,25H,6-7,11-12,14-16H2,1-4H3;1H4. The minimum atomic E-state index is -3.48. The normalized spacial score (nSPS) is 17.9. The quantitative estimate of drug-likeness (QED) is 0.0501. The third-order valence-electron chi connectivity index (χ3n) is 21.8. The fourth-order valence-electron chi connectivity index (χ4n) is 16.8. The number of aryl methyl sites for hydroxylation is 4. The number of piperidine rings is 3. The molecule has 0 saturated carbocycles. The Balaban J connectivity index is 0.000000168. The minimum absolute atomic E-state index is 0. The van der Waals surface area contributed by atoms with Crippen LogP contribution in [-0.2, 0) is 41.6 Å². The van der Waals surface area contributed by atoms with Gasteiger partial charge in [-0.25, -0.2) is 24.4 Å². The number of likely N-dealkylation sites (tertiary alicyclic amines) is 3. The van der Waals surface area contributed by atoms with Gasteiger partial charge < -0.3 is 38.0 Å². The van der Waals surface area contributed by atoms with Crippen LogP contribution in [0, 0.1) is 31.6 Å². The summed E-state index contributed by atoms with van der Waals surface area (Å²) < 4.78 is 49.0. The summed E-state index contributed by atoms with van der Waals surface area (Å²) in [5.74, 6) is 1.35. The van der Waals surface area contributed by atoms with Gasteiger partial charge in [-0.15, -0.1) is 0 Å². The molecule has 3 unspecified atom stereocenters. The molecule has 608 valence electrons. The number of amides is 3. The lowest BCUT2D eigenvalue weighted by Gasteiger charge is -2.37. The van der Waals surface area contributed by atoms with E-state index in [2.05, 4.69) is 99.0 Å². The zero-order valence-electron chi connectivity index (χ0n) is 67.4. The Morgan fingerprint density at radius 2 is 0.833 bits per heavy atom. The van der Waals surface area contributed by atoms with E-state index in [1.165, 1.54) is 55.8 Å². The van der Waals surface area contributed by atoms with E-state index in [0.29, 0.717) is 69.0 Å². The first-order valence-corrected chi connectivity index (χ1v) is 42.8. The zero-order chi connectivity index (χ0) is 80.5. The van der Waals surface area contributed by atoms with Crippen LogP contribution in [0.15, 0.2) is 135 Å². The number of benzene rings is 3. The molecular formula is C91H113Cl3N10O9S. The van der Waals surface area contributed by atoms with Gasteiger partial charge in [0.1, 0.15) is 16.8 Å². The maximum Gasteiger partial charge on any atom is 0.410 e. The Morgan fingerprint density at radius 3 is 1.15 bits per heavy atom. The highest BCUT2D eigenvalue weighted by atomic mass is 35.5. The first kappa shape index (κ1) is 86.2. The molecule has 3 atom stereocenters. The van der Waals surface area contributed by atoms with Crippen molar-refractivity contribution in [3.05, 3.63) is 228 Å². The summed E-state index contributed by atoms with van der Waals surface area (Å²) >= 11 is 19.4. The molecule has 0 bridgehead atoms. The van der Waals surface area contributed by atoms with Crippen molar-refractivity contribution in [1.29, 1.82) is 0 Å². The van der Waals surface area contributed by atoms with E-state index in [4.69, 9.17) is 68.1 Å². The highest BCUT2D eigenvalue weighted by molar-refractivity contribution is 7.86. The average molecular weight is 1630 g/mol. The van der Waals surface area contributed by atoms with Crippen LogP contribution < -0.4 is 0 Å². The summed E-state index contributed by atoms with van der Waals surface area (Å²) in [6.45, 7) is 27.2. The van der Waals surface area contributed by atoms with Crippen molar-refractivity contribution in [2.24, 2.45) is 17.8 Å². The van der Waals surface area contributed by atoms with Crippen molar-refractivity contribution in [2.75, 3.05) is 52.1 Å². The fourth-order valence-corrected chi connectivity index (χ4v) is 17.7. The van der Waals surface area contributed by atoms with E-state index < -0.39 is 26.9 Å². The molecule has 5 aromatic heterocycles. The number of pyridine rings is 3. The Labute approximate surface area is 690 Å². The van der Waals surface area contributed by atoms with E-state index in [1.54, 1.807) is 4.90 Å². The van der Waals surface area contributed by atoms with E-state index in [1.807, 2.05) is 159 Å². The molecule has 3 aromatic carbocycles. The van der Waals surface area contributed by atoms with Gasteiger partial charge in [-0.1, -0.05) is 96.9 Å². The van der Waals surface area contributed by atoms with Crippen molar-refractivity contribution < 1.29 is 41.2 Å². The Kier molecular flexibility index (Phi) is 28.4. The molecule has 3 saturated heterocycles. The van der Waals surface area contributed by atoms with Crippen LogP contribution in [0.25, 0.3) is 34.9 Å². The number of fused-ring (bicyclic) bond motifs is 6. The number of rotatable bonds is 16. The van der Waals surface area contributed by atoms with Gasteiger partial charge in [0.05, 0.1) is 48.3 Å². The Morgan fingerprint density at radius 1 is 0.482 bits per heavy atom. The van der Waals surface area contributed by atoms with Crippen LogP contribution >= 0.6 is 34.8 Å². The SMILES string of the molecule is C.CC(C)(C)OC(=O)N1CCC(C2c3ccc(Cl)cc3C=C(CCCOS(C)(=O)=O)c3cccnc32)CC1.Cc1cn(CCCC2=Cc3cc(Cl)ccc3C(C3CCN(C(=O)OC(C)(C)C)CC3)c3ncccc32)cn1.Cc1cncn1CCCC1=Cc2cc(Cl)ccc2C(C2CCN(C(=O)OC(C)(C)C)CC2)c2ncccc21. The summed E-state index contributed by atoms with van der Waals surface area (Å²) in [5.41, 5.74) is 18.3. The number of hydrogen-bond donors (Lipinski definition) is 0. The molecule has 0 radical (unpaired) electrons. The number of carbonyl (C=O) groups excluding carboxylic acids is 3. The molecular weight excluding hydrogens is 1520 g/mol. The van der Waals surface area contributed by atoms with Crippen molar-refractivity contribution in [2.45, 2.75) is 208 Å². The van der Waals surface area contributed by atoms with Gasteiger partial charge in [-0.3, -0.25) is 19.1 Å². The summed E-state index contributed by atoms with van der Waals surface area (Å²) in [5, 5.41) is 2.14. The van der Waals surface area contributed by atoms with E-state index in [0.717, 1.165) is 133 Å². The summed E-state index contributed by atoms with van der Waals surface area (Å²) in [6, 6.07) is 31.0. The molecule has 3 amide bonds. The monoisotopic (exact) mass is 1630 g/mol.